The molecule has 7 nitrogen and oxygen atoms in total. The largest absolute Gasteiger partial charge is 0.376 e. The lowest BCUT2D eigenvalue weighted by molar-refractivity contribution is 0.0962. The van der Waals surface area contributed by atoms with Gasteiger partial charge in [-0.15, -0.1) is 11.3 Å². The number of amides is 1. The number of nitrogens with zero attached hydrogens (tertiary/aromatic N) is 3. The molecule has 1 aliphatic carbocycles. The maximum Gasteiger partial charge on any atom is 0.277 e. The third-order valence-corrected chi connectivity index (χ3v) is 6.59. The third kappa shape index (κ3) is 3.74. The smallest absolute Gasteiger partial charge is 0.277 e. The Morgan fingerprint density at radius 1 is 1.34 bits per heavy atom. The van der Waals surface area contributed by atoms with Gasteiger partial charge in [0.2, 0.25) is 0 Å². The minimum Gasteiger partial charge on any atom is -0.376 e. The maximum absolute atomic E-state index is 12.5. The molecule has 152 valence electrons. The third-order valence-electron chi connectivity index (χ3n) is 5.83. The SMILES string of the molecule is Cc1cc(-c2csc(NC(=O)c3cc(C4CC4)[nH]n3)n2)c(C)n1C[C@@H]1CCCO1. The number of carbonyl (C=O) groups excluding carboxylic acids is 1. The highest BCUT2D eigenvalue weighted by atomic mass is 32.1. The fraction of sp³-hybridized carbons (Fsp3) is 0.476. The second kappa shape index (κ2) is 7.42. The molecule has 3 aromatic rings. The van der Waals surface area contributed by atoms with Crippen molar-refractivity contribution in [3.8, 4) is 11.3 Å². The summed E-state index contributed by atoms with van der Waals surface area (Å²) in [7, 11) is 0. The van der Waals surface area contributed by atoms with Gasteiger partial charge in [0.1, 0.15) is 0 Å². The number of anilines is 1. The molecule has 1 aliphatic heterocycles. The molecule has 29 heavy (non-hydrogen) atoms. The van der Waals surface area contributed by atoms with E-state index in [1.165, 1.54) is 35.6 Å². The highest BCUT2D eigenvalue weighted by Gasteiger charge is 2.27. The van der Waals surface area contributed by atoms with Gasteiger partial charge in [-0.3, -0.25) is 15.2 Å². The van der Waals surface area contributed by atoms with Gasteiger partial charge in [-0.25, -0.2) is 4.98 Å². The number of hydrogen-bond donors (Lipinski definition) is 2. The molecule has 1 atom stereocenters. The van der Waals surface area contributed by atoms with E-state index in [0.717, 1.165) is 42.9 Å². The molecular weight excluding hydrogens is 386 g/mol. The fourth-order valence-electron chi connectivity index (χ4n) is 4.01. The predicted molar refractivity (Wildman–Crippen MR) is 113 cm³/mol. The summed E-state index contributed by atoms with van der Waals surface area (Å²) in [6.07, 6.45) is 4.90. The zero-order chi connectivity index (χ0) is 20.0. The van der Waals surface area contributed by atoms with Crippen molar-refractivity contribution in [1.29, 1.82) is 0 Å². The number of ether oxygens (including phenoxy) is 1. The molecule has 0 unspecified atom stereocenters. The quantitative estimate of drug-likeness (QED) is 0.635. The number of rotatable bonds is 6. The van der Waals surface area contributed by atoms with Crippen molar-refractivity contribution < 1.29 is 9.53 Å². The first-order valence-electron chi connectivity index (χ1n) is 10.2. The second-order valence-corrected chi connectivity index (χ2v) is 8.86. The van der Waals surface area contributed by atoms with Gasteiger partial charge >= 0.3 is 0 Å². The molecule has 2 fully saturated rings. The van der Waals surface area contributed by atoms with E-state index in [2.05, 4.69) is 45.0 Å². The zero-order valence-electron chi connectivity index (χ0n) is 16.7. The molecular formula is C21H25N5O2S. The van der Waals surface area contributed by atoms with E-state index in [1.807, 2.05) is 11.4 Å². The normalized spacial score (nSPS) is 19.0. The summed E-state index contributed by atoms with van der Waals surface area (Å²) >= 11 is 1.43. The van der Waals surface area contributed by atoms with Crippen LogP contribution in [-0.4, -0.2) is 38.4 Å². The van der Waals surface area contributed by atoms with Crippen LogP contribution in [0.4, 0.5) is 5.13 Å². The molecule has 4 heterocycles. The van der Waals surface area contributed by atoms with Crippen LogP contribution >= 0.6 is 11.3 Å². The summed E-state index contributed by atoms with van der Waals surface area (Å²) in [5.74, 6) is 0.318. The lowest BCUT2D eigenvalue weighted by Gasteiger charge is -2.14. The Morgan fingerprint density at radius 3 is 2.97 bits per heavy atom. The van der Waals surface area contributed by atoms with Crippen LogP contribution in [0.25, 0.3) is 11.3 Å². The summed E-state index contributed by atoms with van der Waals surface area (Å²) in [5.41, 5.74) is 5.84. The van der Waals surface area contributed by atoms with Crippen LogP contribution in [0.2, 0.25) is 0 Å². The number of aryl methyl sites for hydroxylation is 1. The summed E-state index contributed by atoms with van der Waals surface area (Å²) in [5, 5.41) is 12.6. The van der Waals surface area contributed by atoms with E-state index in [9.17, 15) is 4.79 Å². The van der Waals surface area contributed by atoms with E-state index in [-0.39, 0.29) is 5.91 Å². The van der Waals surface area contributed by atoms with Crippen molar-refractivity contribution in [2.24, 2.45) is 0 Å². The monoisotopic (exact) mass is 411 g/mol. The van der Waals surface area contributed by atoms with Gasteiger partial charge < -0.3 is 9.30 Å². The average Bonchev–Trinajstić information content (AvgIpc) is 3.13. The number of carbonyl (C=O) groups is 1. The van der Waals surface area contributed by atoms with Crippen molar-refractivity contribution in [3.63, 3.8) is 0 Å². The van der Waals surface area contributed by atoms with Crippen molar-refractivity contribution in [2.75, 3.05) is 11.9 Å². The van der Waals surface area contributed by atoms with Crippen LogP contribution in [0.3, 0.4) is 0 Å². The highest BCUT2D eigenvalue weighted by Crippen LogP contribution is 2.39. The Labute approximate surface area is 173 Å². The minimum atomic E-state index is -0.224. The van der Waals surface area contributed by atoms with E-state index >= 15 is 0 Å². The lowest BCUT2D eigenvalue weighted by atomic mass is 10.2. The Bertz CT molecular complexity index is 1040. The van der Waals surface area contributed by atoms with Crippen LogP contribution in [0.1, 0.15) is 59.2 Å². The van der Waals surface area contributed by atoms with Crippen LogP contribution in [0.5, 0.6) is 0 Å². The molecule has 0 bridgehead atoms. The maximum atomic E-state index is 12.5. The molecule has 2 N–H and O–H groups in total. The molecule has 5 rings (SSSR count). The van der Waals surface area contributed by atoms with Crippen molar-refractivity contribution >= 4 is 22.4 Å². The first-order valence-corrected chi connectivity index (χ1v) is 11.1. The standard InChI is InChI=1S/C21H25N5O2S/c1-12-8-16(13(2)26(12)10-15-4-3-7-28-15)19-11-29-21(22-19)23-20(27)18-9-17(24-25-18)14-5-6-14/h8-9,11,14-15H,3-7,10H2,1-2H3,(H,24,25)(H,22,23,27)/t15-/m0/s1. The fourth-order valence-corrected chi connectivity index (χ4v) is 4.71. The number of hydrogen-bond acceptors (Lipinski definition) is 5. The van der Waals surface area contributed by atoms with Crippen LogP contribution in [0, 0.1) is 13.8 Å². The molecule has 1 saturated carbocycles. The van der Waals surface area contributed by atoms with E-state index in [0.29, 0.717) is 22.8 Å². The Balaban J connectivity index is 1.31. The Kier molecular flexibility index (Phi) is 4.75. The summed E-state index contributed by atoms with van der Waals surface area (Å²) in [6.45, 7) is 5.99. The topological polar surface area (TPSA) is 84.8 Å². The van der Waals surface area contributed by atoms with Crippen LogP contribution < -0.4 is 5.32 Å². The Morgan fingerprint density at radius 2 is 2.21 bits per heavy atom. The number of aromatic nitrogens is 4. The predicted octanol–water partition coefficient (Wildman–Crippen LogP) is 4.26. The first kappa shape index (κ1) is 18.6. The number of aromatic amines is 1. The zero-order valence-corrected chi connectivity index (χ0v) is 17.5. The molecule has 1 saturated heterocycles. The van der Waals surface area contributed by atoms with Gasteiger partial charge in [0.25, 0.3) is 5.91 Å². The molecule has 0 aromatic carbocycles. The second-order valence-electron chi connectivity index (χ2n) is 8.01. The van der Waals surface area contributed by atoms with Crippen LogP contribution in [0.15, 0.2) is 17.5 Å². The Hall–Kier alpha value is -2.45. The number of thiazole rings is 1. The van der Waals surface area contributed by atoms with Gasteiger partial charge in [0.05, 0.1) is 11.8 Å². The molecule has 2 aliphatic rings. The van der Waals surface area contributed by atoms with Gasteiger partial charge in [0, 0.05) is 47.1 Å². The lowest BCUT2D eigenvalue weighted by Crippen LogP contribution is -2.16. The van der Waals surface area contributed by atoms with E-state index in [1.54, 1.807) is 0 Å². The first-order chi connectivity index (χ1) is 14.1. The van der Waals surface area contributed by atoms with Gasteiger partial charge in [-0.05, 0) is 51.7 Å². The molecule has 0 spiro atoms. The molecule has 0 radical (unpaired) electrons. The number of H-pyrrole nitrogens is 1. The minimum absolute atomic E-state index is 0.224. The summed E-state index contributed by atoms with van der Waals surface area (Å²) in [4.78, 5) is 17.1. The summed E-state index contributed by atoms with van der Waals surface area (Å²) < 4.78 is 8.11. The van der Waals surface area contributed by atoms with E-state index in [4.69, 9.17) is 4.74 Å². The molecule has 8 heteroatoms. The van der Waals surface area contributed by atoms with Gasteiger partial charge in [-0.1, -0.05) is 0 Å². The molecule has 3 aromatic heterocycles. The van der Waals surface area contributed by atoms with Gasteiger partial charge in [0.15, 0.2) is 10.8 Å². The molecule has 1 amide bonds. The van der Waals surface area contributed by atoms with Crippen molar-refractivity contribution in [1.82, 2.24) is 19.7 Å². The average molecular weight is 412 g/mol. The van der Waals surface area contributed by atoms with Crippen molar-refractivity contribution in [3.05, 3.63) is 40.3 Å². The van der Waals surface area contributed by atoms with E-state index < -0.39 is 0 Å². The summed E-state index contributed by atoms with van der Waals surface area (Å²) in [6, 6.07) is 4.01. The van der Waals surface area contributed by atoms with Gasteiger partial charge in [-0.2, -0.15) is 5.10 Å². The number of nitrogens with one attached hydrogen (secondary N) is 2. The van der Waals surface area contributed by atoms with Crippen LogP contribution in [-0.2, 0) is 11.3 Å². The van der Waals surface area contributed by atoms with Crippen molar-refractivity contribution in [2.45, 2.75) is 58.1 Å². The highest BCUT2D eigenvalue weighted by molar-refractivity contribution is 7.14.